The highest BCUT2D eigenvalue weighted by atomic mass is 19.1. The molecule has 1 N–H and O–H groups in total. The van der Waals surface area contributed by atoms with E-state index in [1.54, 1.807) is 12.3 Å². The van der Waals surface area contributed by atoms with Gasteiger partial charge in [0, 0.05) is 37.0 Å². The maximum absolute atomic E-state index is 16.0. The Kier molecular flexibility index (Phi) is 3.98. The smallest absolute Gasteiger partial charge is 0.407 e. The predicted octanol–water partition coefficient (Wildman–Crippen LogP) is 4.59. The van der Waals surface area contributed by atoms with E-state index in [1.165, 1.54) is 4.90 Å². The lowest BCUT2D eigenvalue weighted by Gasteiger charge is -2.47. The summed E-state index contributed by atoms with van der Waals surface area (Å²) in [5.74, 6) is 0. The second-order valence-corrected chi connectivity index (χ2v) is 7.65. The molecule has 0 bridgehead atoms. The monoisotopic (exact) mass is 330 g/mol. The van der Waals surface area contributed by atoms with E-state index in [9.17, 15) is 9.90 Å². The van der Waals surface area contributed by atoms with Crippen molar-refractivity contribution in [2.24, 2.45) is 5.41 Å². The summed E-state index contributed by atoms with van der Waals surface area (Å²) in [6, 6.07) is 8.82. The number of nitrogens with zero attached hydrogens (tertiary/aromatic N) is 2. The number of carbonyl (C=O) groups is 1. The lowest BCUT2D eigenvalue weighted by atomic mass is 9.73. The van der Waals surface area contributed by atoms with Gasteiger partial charge in [-0.3, -0.25) is 4.98 Å². The van der Waals surface area contributed by atoms with Gasteiger partial charge in [0.25, 0.3) is 0 Å². The third kappa shape index (κ3) is 2.83. The quantitative estimate of drug-likeness (QED) is 0.832. The number of hydrogen-bond donors (Lipinski definition) is 1. The van der Waals surface area contributed by atoms with Gasteiger partial charge in [0.05, 0.1) is 5.52 Å². The summed E-state index contributed by atoms with van der Waals surface area (Å²) in [5.41, 5.74) is -0.502. The number of fused-ring (bicyclic) bond motifs is 1. The minimum absolute atomic E-state index is 0.163. The van der Waals surface area contributed by atoms with Crippen LogP contribution in [0.15, 0.2) is 36.5 Å². The van der Waals surface area contributed by atoms with E-state index in [4.69, 9.17) is 0 Å². The Bertz CT molecular complexity index is 766. The van der Waals surface area contributed by atoms with Crippen LogP contribution in [0.25, 0.3) is 10.9 Å². The first-order valence-corrected chi connectivity index (χ1v) is 8.25. The summed E-state index contributed by atoms with van der Waals surface area (Å²) in [5, 5.41) is 10.3. The Balaban J connectivity index is 2.05. The highest BCUT2D eigenvalue weighted by Crippen LogP contribution is 2.46. The van der Waals surface area contributed by atoms with Crippen molar-refractivity contribution in [3.05, 3.63) is 42.1 Å². The number of pyridine rings is 1. The van der Waals surface area contributed by atoms with Crippen LogP contribution in [0.3, 0.4) is 0 Å². The van der Waals surface area contributed by atoms with Gasteiger partial charge in [-0.2, -0.15) is 0 Å². The van der Waals surface area contributed by atoms with Crippen LogP contribution in [0.2, 0.25) is 0 Å². The van der Waals surface area contributed by atoms with Crippen molar-refractivity contribution in [3.63, 3.8) is 0 Å². The largest absolute Gasteiger partial charge is 0.465 e. The van der Waals surface area contributed by atoms with Gasteiger partial charge < -0.3 is 10.0 Å². The van der Waals surface area contributed by atoms with Gasteiger partial charge >= 0.3 is 6.09 Å². The Hall–Kier alpha value is -2.17. The van der Waals surface area contributed by atoms with E-state index in [2.05, 4.69) is 4.98 Å². The number of hydrogen-bond acceptors (Lipinski definition) is 2. The summed E-state index contributed by atoms with van der Waals surface area (Å²) in [6.45, 7) is 6.09. The molecule has 1 aromatic heterocycles. The Morgan fingerprint density at radius 3 is 2.75 bits per heavy atom. The van der Waals surface area contributed by atoms with Gasteiger partial charge in [0.15, 0.2) is 0 Å². The number of piperidine rings is 1. The number of likely N-dealkylation sites (tertiary alicyclic amines) is 1. The molecule has 0 aliphatic carbocycles. The van der Waals surface area contributed by atoms with Gasteiger partial charge in [-0.15, -0.1) is 0 Å². The number of halogens is 1. The number of rotatable bonds is 1. The molecule has 1 aliphatic heterocycles. The zero-order valence-corrected chi connectivity index (χ0v) is 14.3. The van der Waals surface area contributed by atoms with Gasteiger partial charge in [-0.25, -0.2) is 9.18 Å². The zero-order chi connectivity index (χ0) is 17.5. The van der Waals surface area contributed by atoms with Crippen LogP contribution in [0.1, 0.15) is 39.2 Å². The van der Waals surface area contributed by atoms with Crippen molar-refractivity contribution in [1.82, 2.24) is 9.88 Å². The molecule has 1 aliphatic rings. The lowest BCUT2D eigenvalue weighted by Crippen LogP contribution is -2.54. The topological polar surface area (TPSA) is 53.4 Å². The molecule has 128 valence electrons. The van der Waals surface area contributed by atoms with Crippen LogP contribution in [-0.4, -0.2) is 33.7 Å². The maximum atomic E-state index is 16.0. The molecule has 0 spiro atoms. The first-order chi connectivity index (χ1) is 11.2. The highest BCUT2D eigenvalue weighted by Gasteiger charge is 2.47. The number of benzene rings is 1. The number of aromatic nitrogens is 1. The summed E-state index contributed by atoms with van der Waals surface area (Å²) >= 11 is 0. The van der Waals surface area contributed by atoms with Gasteiger partial charge in [-0.1, -0.05) is 39.0 Å². The van der Waals surface area contributed by atoms with Gasteiger partial charge in [0.1, 0.15) is 5.67 Å². The van der Waals surface area contributed by atoms with Crippen molar-refractivity contribution in [2.75, 3.05) is 6.54 Å². The lowest BCUT2D eigenvalue weighted by molar-refractivity contribution is -0.0171. The molecule has 1 saturated heterocycles. The molecule has 5 heteroatoms. The first kappa shape index (κ1) is 16.7. The second-order valence-electron chi connectivity index (χ2n) is 7.65. The minimum Gasteiger partial charge on any atom is -0.465 e. The Morgan fingerprint density at radius 1 is 1.33 bits per heavy atom. The van der Waals surface area contributed by atoms with E-state index >= 15 is 4.39 Å². The fraction of sp³-hybridized carbons (Fsp3) is 0.474. The van der Waals surface area contributed by atoms with E-state index < -0.39 is 11.8 Å². The molecule has 0 radical (unpaired) electrons. The van der Waals surface area contributed by atoms with Crippen LogP contribution >= 0.6 is 0 Å². The number of amides is 1. The number of carboxylic acid groups (broad SMARTS) is 1. The van der Waals surface area contributed by atoms with Crippen LogP contribution < -0.4 is 0 Å². The maximum Gasteiger partial charge on any atom is 0.407 e. The molecule has 2 aromatic rings. The molecule has 2 unspecified atom stereocenters. The molecular formula is C19H23FN2O2. The predicted molar refractivity (Wildman–Crippen MR) is 91.7 cm³/mol. The van der Waals surface area contributed by atoms with Crippen molar-refractivity contribution in [3.8, 4) is 0 Å². The third-order valence-electron chi connectivity index (χ3n) is 5.02. The normalized spacial score (nSPS) is 25.0. The minimum atomic E-state index is -1.55. The summed E-state index contributed by atoms with van der Waals surface area (Å²) < 4.78 is 16.0. The average molecular weight is 330 g/mol. The van der Waals surface area contributed by atoms with Crippen LogP contribution in [0.5, 0.6) is 0 Å². The third-order valence-corrected chi connectivity index (χ3v) is 5.02. The molecule has 3 rings (SSSR count). The highest BCUT2D eigenvalue weighted by molar-refractivity contribution is 5.83. The SMILES string of the molecule is CC(C)(C)C1CC(F)(c2cccc3ncccc23)CCN1C(=O)O. The molecule has 1 fully saturated rings. The molecule has 1 amide bonds. The van der Waals surface area contributed by atoms with Crippen LogP contribution in [0.4, 0.5) is 9.18 Å². The molecule has 24 heavy (non-hydrogen) atoms. The molecule has 2 atom stereocenters. The summed E-state index contributed by atoms with van der Waals surface area (Å²) in [7, 11) is 0. The van der Waals surface area contributed by atoms with Crippen molar-refractivity contribution in [1.29, 1.82) is 0 Å². The summed E-state index contributed by atoms with van der Waals surface area (Å²) in [6.07, 6.45) is 1.05. The molecule has 4 nitrogen and oxygen atoms in total. The van der Waals surface area contributed by atoms with Crippen LogP contribution in [0, 0.1) is 5.41 Å². The Morgan fingerprint density at radius 2 is 2.08 bits per heavy atom. The fourth-order valence-electron chi connectivity index (χ4n) is 3.71. The van der Waals surface area contributed by atoms with Crippen molar-refractivity contribution < 1.29 is 14.3 Å². The molecular weight excluding hydrogens is 307 g/mol. The molecule has 1 aromatic carbocycles. The van der Waals surface area contributed by atoms with Gasteiger partial charge in [-0.05, 0) is 23.1 Å². The summed E-state index contributed by atoms with van der Waals surface area (Å²) in [4.78, 5) is 17.3. The average Bonchev–Trinajstić information content (AvgIpc) is 2.53. The van der Waals surface area contributed by atoms with E-state index in [1.807, 2.05) is 45.0 Å². The standard InChI is InChI=1S/C19H23FN2O2/c1-18(2,3)16-12-19(20,9-11-22(16)17(23)24)14-7-4-8-15-13(14)6-5-10-21-15/h4-8,10,16H,9,11-12H2,1-3H3,(H,23,24). The first-order valence-electron chi connectivity index (χ1n) is 8.25. The van der Waals surface area contributed by atoms with E-state index in [0.717, 1.165) is 10.9 Å². The number of alkyl halides is 1. The zero-order valence-electron chi connectivity index (χ0n) is 14.3. The Labute approximate surface area is 141 Å². The fourth-order valence-corrected chi connectivity index (χ4v) is 3.71. The molecule has 0 saturated carbocycles. The van der Waals surface area contributed by atoms with E-state index in [0.29, 0.717) is 5.56 Å². The van der Waals surface area contributed by atoms with Crippen molar-refractivity contribution in [2.45, 2.75) is 45.3 Å². The molecule has 2 heterocycles. The second kappa shape index (κ2) is 5.72. The van der Waals surface area contributed by atoms with Gasteiger partial charge in [0.2, 0.25) is 0 Å². The van der Waals surface area contributed by atoms with E-state index in [-0.39, 0.29) is 30.8 Å². The van der Waals surface area contributed by atoms with Crippen molar-refractivity contribution >= 4 is 17.0 Å². The van der Waals surface area contributed by atoms with Crippen LogP contribution in [-0.2, 0) is 5.67 Å².